The fourth-order valence-corrected chi connectivity index (χ4v) is 1.91. The lowest BCUT2D eigenvalue weighted by Gasteiger charge is -2.13. The number of amides is 1. The number of hydrogen-bond donors (Lipinski definition) is 2. The van der Waals surface area contributed by atoms with E-state index in [1.807, 2.05) is 31.2 Å². The second kappa shape index (κ2) is 6.15. The monoisotopic (exact) mass is 348 g/mol. The molecule has 0 heterocycles. The van der Waals surface area contributed by atoms with Crippen molar-refractivity contribution < 1.29 is 4.79 Å². The zero-order valence-electron chi connectivity index (χ0n) is 8.87. The molecule has 0 aliphatic heterocycles. The molecular weight excluding hydrogens is 335 g/mol. The van der Waals surface area contributed by atoms with Crippen LogP contribution >= 0.6 is 34.8 Å². The van der Waals surface area contributed by atoms with Gasteiger partial charge in [-0.3, -0.25) is 4.79 Å². The molecule has 3 N–H and O–H groups in total. The van der Waals surface area contributed by atoms with Gasteiger partial charge in [0.05, 0.1) is 10.9 Å². The molecule has 0 saturated carbocycles. The number of rotatable bonds is 4. The molecule has 1 atom stereocenters. The van der Waals surface area contributed by atoms with Crippen molar-refractivity contribution in [3.63, 3.8) is 0 Å². The van der Waals surface area contributed by atoms with Crippen LogP contribution in [-0.2, 0) is 4.79 Å². The Bertz CT molecular complexity index is 391. The summed E-state index contributed by atoms with van der Waals surface area (Å²) >= 11 is 7.05. The maximum absolute atomic E-state index is 11.8. The van der Waals surface area contributed by atoms with Crippen LogP contribution in [0.5, 0.6) is 0 Å². The van der Waals surface area contributed by atoms with E-state index < -0.39 is 5.92 Å². The molecule has 1 rings (SSSR count). The van der Waals surface area contributed by atoms with Gasteiger partial charge in [0.1, 0.15) is 0 Å². The summed E-state index contributed by atoms with van der Waals surface area (Å²) in [5.41, 5.74) is 6.26. The molecule has 86 valence electrons. The normalized spacial score (nSPS) is 11.9. The molecule has 0 aromatic heterocycles. The lowest BCUT2D eigenvalue weighted by molar-refractivity contribution is -0.118. The van der Waals surface area contributed by atoms with Gasteiger partial charge in [0.15, 0.2) is 0 Å². The van der Waals surface area contributed by atoms with E-state index in [0.29, 0.717) is 6.42 Å². The molecular formula is C11H13IN2OS. The SMILES string of the molecule is CCC(C(=O)Nc1ccc(I)cc1)C(N)=S. The smallest absolute Gasteiger partial charge is 0.234 e. The molecule has 0 spiro atoms. The minimum atomic E-state index is -0.394. The third kappa shape index (κ3) is 3.71. The summed E-state index contributed by atoms with van der Waals surface area (Å²) in [7, 11) is 0. The number of carbonyl (C=O) groups excluding carboxylic acids is 1. The Hall–Kier alpha value is -0.690. The van der Waals surface area contributed by atoms with Gasteiger partial charge in [-0.15, -0.1) is 0 Å². The predicted molar refractivity (Wildman–Crippen MR) is 78.4 cm³/mol. The molecule has 0 radical (unpaired) electrons. The molecule has 0 aliphatic rings. The average Bonchev–Trinajstić information content (AvgIpc) is 2.22. The Balaban J connectivity index is 2.70. The fraction of sp³-hybridized carbons (Fsp3) is 0.273. The van der Waals surface area contributed by atoms with Gasteiger partial charge in [-0.2, -0.15) is 0 Å². The van der Waals surface area contributed by atoms with Crippen LogP contribution in [0, 0.1) is 9.49 Å². The zero-order chi connectivity index (χ0) is 12.1. The van der Waals surface area contributed by atoms with E-state index >= 15 is 0 Å². The van der Waals surface area contributed by atoms with Crippen LogP contribution in [0.3, 0.4) is 0 Å². The highest BCUT2D eigenvalue weighted by Gasteiger charge is 2.18. The molecule has 0 bridgehead atoms. The van der Waals surface area contributed by atoms with E-state index in [2.05, 4.69) is 27.9 Å². The summed E-state index contributed by atoms with van der Waals surface area (Å²) < 4.78 is 1.12. The van der Waals surface area contributed by atoms with E-state index in [1.54, 1.807) is 0 Å². The molecule has 0 fully saturated rings. The van der Waals surface area contributed by atoms with Crippen molar-refractivity contribution in [2.45, 2.75) is 13.3 Å². The van der Waals surface area contributed by atoms with Gasteiger partial charge in [0.2, 0.25) is 5.91 Å². The summed E-state index contributed by atoms with van der Waals surface area (Å²) in [6, 6.07) is 7.56. The lowest BCUT2D eigenvalue weighted by atomic mass is 10.1. The van der Waals surface area contributed by atoms with Crippen LogP contribution in [-0.4, -0.2) is 10.9 Å². The number of anilines is 1. The number of thiocarbonyl (C=S) groups is 1. The first-order chi connectivity index (χ1) is 7.54. The standard InChI is InChI=1S/C11H13IN2OS/c1-2-9(10(13)16)11(15)14-8-5-3-7(12)4-6-8/h3-6,9H,2H2,1H3,(H2,13,16)(H,14,15). The number of benzene rings is 1. The van der Waals surface area contributed by atoms with Gasteiger partial charge >= 0.3 is 0 Å². The molecule has 5 heteroatoms. The van der Waals surface area contributed by atoms with Gasteiger partial charge in [0.25, 0.3) is 0 Å². The molecule has 1 aromatic carbocycles. The third-order valence-electron chi connectivity index (χ3n) is 2.18. The topological polar surface area (TPSA) is 55.1 Å². The molecule has 16 heavy (non-hydrogen) atoms. The van der Waals surface area contributed by atoms with Crippen LogP contribution in [0.25, 0.3) is 0 Å². The van der Waals surface area contributed by atoms with E-state index in [4.69, 9.17) is 18.0 Å². The summed E-state index contributed by atoms with van der Waals surface area (Å²) in [5, 5.41) is 2.79. The van der Waals surface area contributed by atoms with Crippen LogP contribution in [0.1, 0.15) is 13.3 Å². The van der Waals surface area contributed by atoms with Gasteiger partial charge in [-0.25, -0.2) is 0 Å². The first kappa shape index (κ1) is 13.4. The first-order valence-corrected chi connectivity index (χ1v) is 6.39. The summed E-state index contributed by atoms with van der Waals surface area (Å²) in [4.78, 5) is 12.0. The Labute approximate surface area is 114 Å². The minimum absolute atomic E-state index is 0.142. The van der Waals surface area contributed by atoms with Crippen LogP contribution in [0.4, 0.5) is 5.69 Å². The van der Waals surface area contributed by atoms with Crippen LogP contribution < -0.4 is 11.1 Å². The molecule has 1 amide bonds. The van der Waals surface area contributed by atoms with Gasteiger partial charge in [-0.1, -0.05) is 19.1 Å². The fourth-order valence-electron chi connectivity index (χ4n) is 1.28. The summed E-state index contributed by atoms with van der Waals surface area (Å²) in [6.07, 6.45) is 0.617. The Morgan fingerprint density at radius 2 is 2.06 bits per heavy atom. The average molecular weight is 348 g/mol. The van der Waals surface area contributed by atoms with E-state index in [1.165, 1.54) is 0 Å². The van der Waals surface area contributed by atoms with Crippen molar-refractivity contribution in [2.75, 3.05) is 5.32 Å². The van der Waals surface area contributed by atoms with Gasteiger partial charge in [0, 0.05) is 9.26 Å². The number of nitrogens with one attached hydrogen (secondary N) is 1. The lowest BCUT2D eigenvalue weighted by Crippen LogP contribution is -2.32. The number of halogens is 1. The van der Waals surface area contributed by atoms with Crippen molar-refractivity contribution in [1.29, 1.82) is 0 Å². The number of nitrogens with two attached hydrogens (primary N) is 1. The maximum Gasteiger partial charge on any atom is 0.234 e. The molecule has 0 aliphatic carbocycles. The molecule has 1 unspecified atom stereocenters. The number of carbonyl (C=O) groups is 1. The van der Waals surface area contributed by atoms with Crippen LogP contribution in [0.2, 0.25) is 0 Å². The second-order valence-corrected chi connectivity index (χ2v) is 5.08. The third-order valence-corrected chi connectivity index (χ3v) is 3.18. The minimum Gasteiger partial charge on any atom is -0.393 e. The summed E-state index contributed by atoms with van der Waals surface area (Å²) in [5.74, 6) is -0.537. The molecule has 0 saturated heterocycles. The van der Waals surface area contributed by atoms with Gasteiger partial charge < -0.3 is 11.1 Å². The largest absolute Gasteiger partial charge is 0.393 e. The highest BCUT2D eigenvalue weighted by Crippen LogP contribution is 2.13. The maximum atomic E-state index is 11.8. The van der Waals surface area contributed by atoms with Crippen molar-refractivity contribution in [1.82, 2.24) is 0 Å². The van der Waals surface area contributed by atoms with E-state index in [0.717, 1.165) is 9.26 Å². The van der Waals surface area contributed by atoms with E-state index in [9.17, 15) is 4.79 Å². The van der Waals surface area contributed by atoms with Crippen molar-refractivity contribution >= 4 is 51.4 Å². The van der Waals surface area contributed by atoms with Crippen molar-refractivity contribution in [3.8, 4) is 0 Å². The Morgan fingerprint density at radius 3 is 2.50 bits per heavy atom. The number of hydrogen-bond acceptors (Lipinski definition) is 2. The predicted octanol–water partition coefficient (Wildman–Crippen LogP) is 2.54. The highest BCUT2D eigenvalue weighted by molar-refractivity contribution is 14.1. The van der Waals surface area contributed by atoms with E-state index in [-0.39, 0.29) is 10.9 Å². The second-order valence-electron chi connectivity index (χ2n) is 3.36. The Morgan fingerprint density at radius 1 is 1.50 bits per heavy atom. The van der Waals surface area contributed by atoms with Gasteiger partial charge in [-0.05, 0) is 53.3 Å². The van der Waals surface area contributed by atoms with Crippen LogP contribution in [0.15, 0.2) is 24.3 Å². The molecule has 3 nitrogen and oxygen atoms in total. The van der Waals surface area contributed by atoms with Crippen molar-refractivity contribution in [3.05, 3.63) is 27.8 Å². The van der Waals surface area contributed by atoms with Crippen molar-refractivity contribution in [2.24, 2.45) is 11.7 Å². The highest BCUT2D eigenvalue weighted by atomic mass is 127. The quantitative estimate of drug-likeness (QED) is 0.650. The Kier molecular flexibility index (Phi) is 5.14. The molecule has 1 aromatic rings. The summed E-state index contributed by atoms with van der Waals surface area (Å²) in [6.45, 7) is 1.89. The zero-order valence-corrected chi connectivity index (χ0v) is 11.8. The first-order valence-electron chi connectivity index (χ1n) is 4.90.